The number of aliphatic hydroxyl groups is 1. The molecule has 0 fully saturated rings. The van der Waals surface area contributed by atoms with Gasteiger partial charge in [-0.05, 0) is 37.6 Å². The Bertz CT molecular complexity index is 785. The van der Waals surface area contributed by atoms with Gasteiger partial charge in [0.25, 0.3) is 0 Å². The van der Waals surface area contributed by atoms with Crippen molar-refractivity contribution in [1.82, 2.24) is 0 Å². The quantitative estimate of drug-likeness (QED) is 0.600. The van der Waals surface area contributed by atoms with E-state index in [1.165, 1.54) is 18.2 Å². The summed E-state index contributed by atoms with van der Waals surface area (Å²) in [6, 6.07) is 2.94. The molecule has 0 aliphatic carbocycles. The van der Waals surface area contributed by atoms with Crippen molar-refractivity contribution in [3.8, 4) is 5.75 Å². The molecule has 7 heteroatoms. The number of carbonyl (C=O) groups excluding carboxylic acids is 3. The van der Waals surface area contributed by atoms with Gasteiger partial charge in [0.15, 0.2) is 5.78 Å². The van der Waals surface area contributed by atoms with E-state index in [0.717, 1.165) is 0 Å². The third-order valence-electron chi connectivity index (χ3n) is 4.76. The van der Waals surface area contributed by atoms with Crippen LogP contribution in [-0.2, 0) is 14.3 Å². The SMILES string of the molecule is Cc1cc(O)c2c(c1)NC(=O)C[C@H](O)[C@H](C)C(=O)/C=C\[C@@H](C)[C@H](C)OC2=O. The molecule has 0 aromatic heterocycles. The summed E-state index contributed by atoms with van der Waals surface area (Å²) in [5.41, 5.74) is 0.586. The Morgan fingerprint density at radius 2 is 1.81 bits per heavy atom. The maximum atomic E-state index is 12.6. The van der Waals surface area contributed by atoms with Crippen LogP contribution in [0, 0.1) is 18.8 Å². The van der Waals surface area contributed by atoms with Crippen molar-refractivity contribution >= 4 is 23.3 Å². The van der Waals surface area contributed by atoms with Gasteiger partial charge in [0.1, 0.15) is 17.4 Å². The number of fused-ring (bicyclic) bond motifs is 1. The molecule has 2 rings (SSSR count). The lowest BCUT2D eigenvalue weighted by atomic mass is 9.95. The van der Waals surface area contributed by atoms with E-state index in [4.69, 9.17) is 4.74 Å². The molecule has 1 amide bonds. The second kappa shape index (κ2) is 8.35. The second-order valence-electron chi connectivity index (χ2n) is 7.05. The summed E-state index contributed by atoms with van der Waals surface area (Å²) in [7, 11) is 0. The highest BCUT2D eigenvalue weighted by atomic mass is 16.5. The summed E-state index contributed by atoms with van der Waals surface area (Å²) in [6.45, 7) is 6.71. The maximum absolute atomic E-state index is 12.6. The number of rotatable bonds is 0. The van der Waals surface area contributed by atoms with Crippen LogP contribution in [0.1, 0.15) is 43.1 Å². The molecule has 3 N–H and O–H groups in total. The van der Waals surface area contributed by atoms with Gasteiger partial charge in [-0.3, -0.25) is 9.59 Å². The highest BCUT2D eigenvalue weighted by molar-refractivity contribution is 6.04. The molecule has 0 saturated carbocycles. The fourth-order valence-electron chi connectivity index (χ4n) is 2.73. The standard InChI is InChI=1S/C20H25NO6/c1-10-7-14-19(17(24)8-10)20(26)27-13(4)11(2)5-6-15(22)12(3)16(23)9-18(25)21-14/h5-8,11-13,16,23-24H,9H2,1-4H3,(H,21,25)/b6-5-/t11-,12-,13+,16+/m1/s1. The number of anilines is 1. The molecule has 1 heterocycles. The van der Waals surface area contributed by atoms with Gasteiger partial charge in [0.05, 0.1) is 18.2 Å². The van der Waals surface area contributed by atoms with Crippen LogP contribution in [0.2, 0.25) is 0 Å². The van der Waals surface area contributed by atoms with E-state index in [-0.39, 0.29) is 35.1 Å². The van der Waals surface area contributed by atoms with Crippen molar-refractivity contribution in [3.63, 3.8) is 0 Å². The largest absolute Gasteiger partial charge is 0.507 e. The van der Waals surface area contributed by atoms with Gasteiger partial charge in [-0.1, -0.05) is 19.9 Å². The van der Waals surface area contributed by atoms with E-state index in [1.54, 1.807) is 33.8 Å². The first-order valence-corrected chi connectivity index (χ1v) is 8.84. The van der Waals surface area contributed by atoms with Gasteiger partial charge < -0.3 is 20.3 Å². The van der Waals surface area contributed by atoms with Crippen molar-refractivity contribution in [1.29, 1.82) is 0 Å². The maximum Gasteiger partial charge on any atom is 0.344 e. The number of aromatic hydroxyl groups is 1. The molecule has 146 valence electrons. The molecule has 27 heavy (non-hydrogen) atoms. The highest BCUT2D eigenvalue weighted by Crippen LogP contribution is 2.30. The van der Waals surface area contributed by atoms with Gasteiger partial charge in [-0.25, -0.2) is 4.79 Å². The number of carbonyl (C=O) groups is 3. The fourth-order valence-corrected chi connectivity index (χ4v) is 2.73. The number of hydrogen-bond acceptors (Lipinski definition) is 6. The summed E-state index contributed by atoms with van der Waals surface area (Å²) in [4.78, 5) is 37.1. The number of phenolic OH excluding ortho intramolecular Hbond substituents is 1. The minimum atomic E-state index is -1.17. The molecule has 1 aliphatic rings. The number of benzene rings is 1. The Hall–Kier alpha value is -2.67. The third-order valence-corrected chi connectivity index (χ3v) is 4.76. The number of amides is 1. The Morgan fingerprint density at radius 1 is 1.15 bits per heavy atom. The molecule has 0 bridgehead atoms. The summed E-state index contributed by atoms with van der Waals surface area (Å²) < 4.78 is 5.41. The topological polar surface area (TPSA) is 113 Å². The lowest BCUT2D eigenvalue weighted by Gasteiger charge is -2.21. The van der Waals surface area contributed by atoms with E-state index in [1.807, 2.05) is 0 Å². The van der Waals surface area contributed by atoms with E-state index < -0.39 is 30.0 Å². The van der Waals surface area contributed by atoms with Crippen molar-refractivity contribution in [3.05, 3.63) is 35.4 Å². The zero-order chi connectivity index (χ0) is 20.3. The molecular weight excluding hydrogens is 350 g/mol. The number of aryl methyl sites for hydroxylation is 1. The minimum absolute atomic E-state index is 0.0983. The molecule has 1 aromatic carbocycles. The molecule has 1 aliphatic heterocycles. The van der Waals surface area contributed by atoms with E-state index in [0.29, 0.717) is 5.56 Å². The van der Waals surface area contributed by atoms with Crippen LogP contribution in [0.25, 0.3) is 0 Å². The lowest BCUT2D eigenvalue weighted by Crippen LogP contribution is -2.30. The van der Waals surface area contributed by atoms with E-state index >= 15 is 0 Å². The number of nitrogens with one attached hydrogen (secondary N) is 1. The summed E-state index contributed by atoms with van der Waals surface area (Å²) in [6.07, 6.45) is 0.864. The zero-order valence-electron chi connectivity index (χ0n) is 15.9. The number of ketones is 1. The number of allylic oxidation sites excluding steroid dienone is 1. The third kappa shape index (κ3) is 4.95. The predicted molar refractivity (Wildman–Crippen MR) is 99.4 cm³/mol. The normalized spacial score (nSPS) is 28.6. The number of esters is 1. The molecule has 0 spiro atoms. The Kier molecular flexibility index (Phi) is 6.38. The van der Waals surface area contributed by atoms with Crippen LogP contribution in [0.4, 0.5) is 5.69 Å². The first-order valence-electron chi connectivity index (χ1n) is 8.84. The van der Waals surface area contributed by atoms with Gasteiger partial charge in [-0.15, -0.1) is 0 Å². The Balaban J connectivity index is 2.48. The van der Waals surface area contributed by atoms with E-state index in [9.17, 15) is 24.6 Å². The molecule has 0 saturated heterocycles. The smallest absolute Gasteiger partial charge is 0.344 e. The highest BCUT2D eigenvalue weighted by Gasteiger charge is 2.27. The number of hydrogen-bond donors (Lipinski definition) is 3. The van der Waals surface area contributed by atoms with Crippen molar-refractivity contribution in [2.24, 2.45) is 11.8 Å². The molecule has 7 nitrogen and oxygen atoms in total. The summed E-state index contributed by atoms with van der Waals surface area (Å²) in [5.74, 6) is -3.01. The second-order valence-corrected chi connectivity index (χ2v) is 7.05. The Morgan fingerprint density at radius 3 is 2.48 bits per heavy atom. The first-order chi connectivity index (χ1) is 12.6. The molecule has 0 radical (unpaired) electrons. The zero-order valence-corrected chi connectivity index (χ0v) is 15.9. The van der Waals surface area contributed by atoms with Crippen LogP contribution in [0.15, 0.2) is 24.3 Å². The van der Waals surface area contributed by atoms with Crippen molar-refractivity contribution in [2.45, 2.75) is 46.3 Å². The van der Waals surface area contributed by atoms with Gasteiger partial charge >= 0.3 is 5.97 Å². The average molecular weight is 375 g/mol. The van der Waals surface area contributed by atoms with Crippen LogP contribution in [0.3, 0.4) is 0 Å². The number of phenols is 1. The lowest BCUT2D eigenvalue weighted by molar-refractivity contribution is -0.123. The number of aliphatic hydroxyl groups excluding tert-OH is 1. The van der Waals surface area contributed by atoms with Gasteiger partial charge in [0, 0.05) is 11.8 Å². The van der Waals surface area contributed by atoms with Crippen LogP contribution in [0.5, 0.6) is 5.75 Å². The van der Waals surface area contributed by atoms with Crippen LogP contribution >= 0.6 is 0 Å². The Labute approximate surface area is 158 Å². The fraction of sp³-hybridized carbons (Fsp3) is 0.450. The van der Waals surface area contributed by atoms with Crippen LogP contribution < -0.4 is 5.32 Å². The van der Waals surface area contributed by atoms with E-state index in [2.05, 4.69) is 5.32 Å². The van der Waals surface area contributed by atoms with Crippen molar-refractivity contribution < 1.29 is 29.3 Å². The molecular formula is C20H25NO6. The molecule has 0 unspecified atom stereocenters. The van der Waals surface area contributed by atoms with Crippen molar-refractivity contribution in [2.75, 3.05) is 5.32 Å². The molecule has 4 atom stereocenters. The minimum Gasteiger partial charge on any atom is -0.507 e. The first kappa shape index (κ1) is 20.6. The summed E-state index contributed by atoms with van der Waals surface area (Å²) in [5, 5.41) is 22.9. The monoisotopic (exact) mass is 375 g/mol. The number of cyclic esters (lactones) is 1. The summed E-state index contributed by atoms with van der Waals surface area (Å²) >= 11 is 0. The predicted octanol–water partition coefficient (Wildman–Crippen LogP) is 2.35. The van der Waals surface area contributed by atoms with Gasteiger partial charge in [-0.2, -0.15) is 0 Å². The van der Waals surface area contributed by atoms with Crippen LogP contribution in [-0.4, -0.2) is 40.1 Å². The van der Waals surface area contributed by atoms with Gasteiger partial charge in [0.2, 0.25) is 5.91 Å². The average Bonchev–Trinajstić information content (AvgIpc) is 2.56. The number of ether oxygens (including phenoxy) is 1. The molecule has 1 aromatic rings.